The van der Waals surface area contributed by atoms with Gasteiger partial charge in [-0.15, -0.1) is 0 Å². The molecule has 2 N–H and O–H groups in total. The maximum absolute atomic E-state index is 9.35. The fourth-order valence-corrected chi connectivity index (χ4v) is 3.12. The Balaban J connectivity index is 1.90. The lowest BCUT2D eigenvalue weighted by atomic mass is 9.77. The molecule has 21 heavy (non-hydrogen) atoms. The van der Waals surface area contributed by atoms with E-state index in [4.69, 9.17) is 4.52 Å². The van der Waals surface area contributed by atoms with Crippen molar-refractivity contribution in [2.45, 2.75) is 38.0 Å². The molecule has 1 atom stereocenters. The number of piperidine rings is 1. The molecule has 1 saturated heterocycles. The Bertz CT molecular complexity index is 580. The van der Waals surface area contributed by atoms with Crippen molar-refractivity contribution in [3.05, 3.63) is 30.2 Å². The van der Waals surface area contributed by atoms with Gasteiger partial charge in [0.05, 0.1) is 5.41 Å². The van der Waals surface area contributed by atoms with Crippen LogP contribution in [0.1, 0.15) is 38.5 Å². The van der Waals surface area contributed by atoms with E-state index in [0.717, 1.165) is 50.2 Å². The molecule has 112 valence electrons. The molecular formula is C16H21N3O2. The molecule has 2 aromatic rings. The number of nitrogens with zero attached hydrogens (tertiary/aromatic N) is 2. The van der Waals surface area contributed by atoms with Crippen molar-refractivity contribution in [1.29, 1.82) is 0 Å². The molecule has 0 saturated carbocycles. The number of rotatable bonds is 4. The summed E-state index contributed by atoms with van der Waals surface area (Å²) in [6.07, 6.45) is 4.37. The Kier molecular flexibility index (Phi) is 3.92. The third-order valence-corrected chi connectivity index (χ3v) is 4.21. The largest absolute Gasteiger partial charge is 0.508 e. The van der Waals surface area contributed by atoms with Gasteiger partial charge in [-0.05, 0) is 50.1 Å². The van der Waals surface area contributed by atoms with Crippen LogP contribution >= 0.6 is 0 Å². The maximum atomic E-state index is 9.35. The second-order valence-corrected chi connectivity index (χ2v) is 5.78. The molecule has 0 spiro atoms. The first kappa shape index (κ1) is 14.1. The summed E-state index contributed by atoms with van der Waals surface area (Å²) in [4.78, 5) is 4.63. The molecule has 1 fully saturated rings. The molecular weight excluding hydrogens is 266 g/mol. The van der Waals surface area contributed by atoms with E-state index >= 15 is 0 Å². The van der Waals surface area contributed by atoms with Gasteiger partial charge in [0.1, 0.15) is 5.75 Å². The molecule has 5 heteroatoms. The average molecular weight is 287 g/mol. The van der Waals surface area contributed by atoms with Crippen molar-refractivity contribution in [3.63, 3.8) is 0 Å². The molecule has 1 aromatic carbocycles. The number of nitrogens with one attached hydrogen (secondary N) is 1. The second kappa shape index (κ2) is 5.85. The van der Waals surface area contributed by atoms with Crippen LogP contribution in [0.15, 0.2) is 28.8 Å². The van der Waals surface area contributed by atoms with E-state index in [0.29, 0.717) is 5.82 Å². The lowest BCUT2D eigenvalue weighted by Crippen LogP contribution is -2.43. The first-order chi connectivity index (χ1) is 10.2. The summed E-state index contributed by atoms with van der Waals surface area (Å²) in [6, 6.07) is 6.87. The summed E-state index contributed by atoms with van der Waals surface area (Å²) in [6.45, 7) is 4.15. The van der Waals surface area contributed by atoms with Crippen LogP contribution in [0.4, 0.5) is 0 Å². The zero-order chi connectivity index (χ0) is 14.7. The zero-order valence-electron chi connectivity index (χ0n) is 12.3. The summed E-state index contributed by atoms with van der Waals surface area (Å²) in [5.74, 6) is 1.56. The van der Waals surface area contributed by atoms with Crippen molar-refractivity contribution < 1.29 is 9.63 Å². The minimum Gasteiger partial charge on any atom is -0.508 e. The molecule has 0 aliphatic carbocycles. The van der Waals surface area contributed by atoms with Crippen LogP contribution in [-0.4, -0.2) is 28.3 Å². The Hall–Kier alpha value is -1.88. The molecule has 1 unspecified atom stereocenters. The van der Waals surface area contributed by atoms with Crippen molar-refractivity contribution >= 4 is 0 Å². The highest BCUT2D eigenvalue weighted by Crippen LogP contribution is 2.35. The number of benzene rings is 1. The topological polar surface area (TPSA) is 71.2 Å². The Morgan fingerprint density at radius 1 is 1.33 bits per heavy atom. The normalized spacial score (nSPS) is 22.3. The average Bonchev–Trinajstić information content (AvgIpc) is 3.00. The number of hydrogen-bond donors (Lipinski definition) is 2. The van der Waals surface area contributed by atoms with Gasteiger partial charge in [0.2, 0.25) is 11.7 Å². The van der Waals surface area contributed by atoms with E-state index in [1.807, 2.05) is 0 Å². The van der Waals surface area contributed by atoms with E-state index in [1.54, 1.807) is 24.3 Å². The fourth-order valence-electron chi connectivity index (χ4n) is 3.12. The van der Waals surface area contributed by atoms with Crippen LogP contribution < -0.4 is 5.32 Å². The van der Waals surface area contributed by atoms with E-state index in [9.17, 15) is 5.11 Å². The van der Waals surface area contributed by atoms with Crippen LogP contribution in [0.2, 0.25) is 0 Å². The zero-order valence-corrected chi connectivity index (χ0v) is 12.3. The van der Waals surface area contributed by atoms with Crippen LogP contribution in [0.5, 0.6) is 5.75 Å². The molecule has 0 amide bonds. The summed E-state index contributed by atoms with van der Waals surface area (Å²) < 4.78 is 5.58. The van der Waals surface area contributed by atoms with E-state index in [1.165, 1.54) is 0 Å². The highest BCUT2D eigenvalue weighted by Gasteiger charge is 2.38. The van der Waals surface area contributed by atoms with Crippen LogP contribution in [0.25, 0.3) is 11.4 Å². The van der Waals surface area contributed by atoms with Gasteiger partial charge in [-0.3, -0.25) is 0 Å². The van der Waals surface area contributed by atoms with Gasteiger partial charge >= 0.3 is 0 Å². The van der Waals surface area contributed by atoms with E-state index < -0.39 is 0 Å². The van der Waals surface area contributed by atoms with Gasteiger partial charge in [0, 0.05) is 12.1 Å². The minimum atomic E-state index is -0.0326. The van der Waals surface area contributed by atoms with E-state index in [2.05, 4.69) is 22.4 Å². The molecule has 3 rings (SSSR count). The molecule has 2 heterocycles. The Labute approximate surface area is 124 Å². The lowest BCUT2D eigenvalue weighted by molar-refractivity contribution is 0.213. The number of aromatic nitrogens is 2. The third-order valence-electron chi connectivity index (χ3n) is 4.21. The lowest BCUT2D eigenvalue weighted by Gasteiger charge is -2.34. The van der Waals surface area contributed by atoms with Crippen molar-refractivity contribution in [2.24, 2.45) is 0 Å². The van der Waals surface area contributed by atoms with E-state index in [-0.39, 0.29) is 11.2 Å². The summed E-state index contributed by atoms with van der Waals surface area (Å²) >= 11 is 0. The van der Waals surface area contributed by atoms with Gasteiger partial charge in [-0.2, -0.15) is 4.98 Å². The maximum Gasteiger partial charge on any atom is 0.234 e. The third kappa shape index (κ3) is 2.78. The standard InChI is InChI=1S/C16H21N3O2/c1-2-8-16(9-3-10-17-11-16)15-18-14(19-21-15)12-4-6-13(20)7-5-12/h4-7,17,20H,2-3,8-11H2,1H3. The Morgan fingerprint density at radius 2 is 2.14 bits per heavy atom. The summed E-state index contributed by atoms with van der Waals surface area (Å²) in [7, 11) is 0. The molecule has 1 aliphatic heterocycles. The molecule has 1 aromatic heterocycles. The van der Waals surface area contributed by atoms with Gasteiger partial charge in [0.25, 0.3) is 0 Å². The van der Waals surface area contributed by atoms with Crippen molar-refractivity contribution in [1.82, 2.24) is 15.5 Å². The highest BCUT2D eigenvalue weighted by molar-refractivity contribution is 5.55. The first-order valence-corrected chi connectivity index (χ1v) is 7.58. The van der Waals surface area contributed by atoms with Crippen LogP contribution in [-0.2, 0) is 5.41 Å². The monoisotopic (exact) mass is 287 g/mol. The SMILES string of the molecule is CCCC1(c2nc(-c3ccc(O)cc3)no2)CCCNC1. The van der Waals surface area contributed by atoms with Gasteiger partial charge in [0.15, 0.2) is 0 Å². The predicted octanol–water partition coefficient (Wildman–Crippen LogP) is 2.86. The molecule has 0 bridgehead atoms. The smallest absolute Gasteiger partial charge is 0.234 e. The number of aromatic hydroxyl groups is 1. The highest BCUT2D eigenvalue weighted by atomic mass is 16.5. The number of phenols is 1. The fraction of sp³-hybridized carbons (Fsp3) is 0.500. The van der Waals surface area contributed by atoms with Crippen LogP contribution in [0, 0.1) is 0 Å². The van der Waals surface area contributed by atoms with Gasteiger partial charge < -0.3 is 14.9 Å². The van der Waals surface area contributed by atoms with Gasteiger partial charge in [-0.25, -0.2) is 0 Å². The number of hydrogen-bond acceptors (Lipinski definition) is 5. The van der Waals surface area contributed by atoms with Crippen LogP contribution in [0.3, 0.4) is 0 Å². The molecule has 0 radical (unpaired) electrons. The molecule has 1 aliphatic rings. The summed E-state index contributed by atoms with van der Waals surface area (Å²) in [5.41, 5.74) is 0.827. The van der Waals surface area contributed by atoms with Gasteiger partial charge in [-0.1, -0.05) is 18.5 Å². The Morgan fingerprint density at radius 3 is 2.81 bits per heavy atom. The van der Waals surface area contributed by atoms with Crippen molar-refractivity contribution in [2.75, 3.05) is 13.1 Å². The minimum absolute atomic E-state index is 0.0326. The number of phenolic OH excluding ortho intramolecular Hbond substituents is 1. The predicted molar refractivity (Wildman–Crippen MR) is 80.1 cm³/mol. The first-order valence-electron chi connectivity index (χ1n) is 7.58. The quantitative estimate of drug-likeness (QED) is 0.904. The van der Waals surface area contributed by atoms with Crippen molar-refractivity contribution in [3.8, 4) is 17.1 Å². The summed E-state index contributed by atoms with van der Waals surface area (Å²) in [5, 5.41) is 16.9. The second-order valence-electron chi connectivity index (χ2n) is 5.78. The molecule has 5 nitrogen and oxygen atoms in total.